The Morgan fingerprint density at radius 1 is 1.07 bits per heavy atom. The van der Waals surface area contributed by atoms with E-state index in [0.29, 0.717) is 28.8 Å². The molecule has 0 aliphatic carbocycles. The van der Waals surface area contributed by atoms with E-state index in [1.54, 1.807) is 32.4 Å². The van der Waals surface area contributed by atoms with E-state index in [1.807, 2.05) is 29.7 Å². The number of nitrogens with zero attached hydrogens (tertiary/aromatic N) is 3. The second kappa shape index (κ2) is 8.73. The number of aromatic nitrogens is 3. The summed E-state index contributed by atoms with van der Waals surface area (Å²) in [6.45, 7) is 2.57. The lowest BCUT2D eigenvalue weighted by Crippen LogP contribution is -2.08. The van der Waals surface area contributed by atoms with Gasteiger partial charge in [0.2, 0.25) is 0 Å². The van der Waals surface area contributed by atoms with Crippen molar-refractivity contribution in [3.8, 4) is 11.5 Å². The number of benzene rings is 2. The lowest BCUT2D eigenvalue weighted by atomic mass is 10.1. The molecule has 2 aromatic carbocycles. The molecule has 1 heterocycles. The first-order chi connectivity index (χ1) is 13.1. The van der Waals surface area contributed by atoms with E-state index in [4.69, 9.17) is 9.47 Å². The predicted octanol–water partition coefficient (Wildman–Crippen LogP) is 3.63. The first-order valence-electron chi connectivity index (χ1n) is 8.44. The molecule has 0 bridgehead atoms. The Hall–Kier alpha value is -2.80. The third-order valence-electron chi connectivity index (χ3n) is 4.12. The van der Waals surface area contributed by atoms with E-state index in [2.05, 4.69) is 22.3 Å². The molecule has 0 saturated carbocycles. The first-order valence-corrected chi connectivity index (χ1v) is 9.42. The molecule has 0 aliphatic heterocycles. The molecule has 0 aliphatic rings. The van der Waals surface area contributed by atoms with Crippen LogP contribution in [0.4, 0.5) is 0 Å². The molecule has 0 unspecified atom stereocenters. The number of carbonyl (C=O) groups excluding carboxylic acids is 1. The summed E-state index contributed by atoms with van der Waals surface area (Å²) >= 11 is 1.37. The SMILES string of the molecule is COc1ccc(OC)c(C(=O)CSc2nnc(C)n2Cc2ccccc2)c1. The Morgan fingerprint density at radius 2 is 1.85 bits per heavy atom. The summed E-state index contributed by atoms with van der Waals surface area (Å²) in [4.78, 5) is 12.7. The third kappa shape index (κ3) is 4.49. The van der Waals surface area contributed by atoms with Crippen LogP contribution in [0.15, 0.2) is 53.7 Å². The number of ketones is 1. The normalized spacial score (nSPS) is 10.6. The van der Waals surface area contributed by atoms with Crippen LogP contribution in [0.2, 0.25) is 0 Å². The minimum absolute atomic E-state index is 0.0531. The van der Waals surface area contributed by atoms with Gasteiger partial charge in [0.05, 0.1) is 32.1 Å². The molecule has 0 N–H and O–H groups in total. The van der Waals surface area contributed by atoms with Gasteiger partial charge in [0.1, 0.15) is 17.3 Å². The molecule has 7 heteroatoms. The van der Waals surface area contributed by atoms with Crippen LogP contribution >= 0.6 is 11.8 Å². The largest absolute Gasteiger partial charge is 0.497 e. The highest BCUT2D eigenvalue weighted by molar-refractivity contribution is 7.99. The average Bonchev–Trinajstić information content (AvgIpc) is 3.06. The Kier molecular flexibility index (Phi) is 6.13. The molecule has 0 radical (unpaired) electrons. The second-order valence-corrected chi connectivity index (χ2v) is 6.82. The highest BCUT2D eigenvalue weighted by Crippen LogP contribution is 2.27. The Morgan fingerprint density at radius 3 is 2.56 bits per heavy atom. The van der Waals surface area contributed by atoms with E-state index in [9.17, 15) is 4.79 Å². The minimum Gasteiger partial charge on any atom is -0.497 e. The van der Waals surface area contributed by atoms with E-state index in [1.165, 1.54) is 11.8 Å². The van der Waals surface area contributed by atoms with Gasteiger partial charge in [-0.1, -0.05) is 42.1 Å². The smallest absolute Gasteiger partial charge is 0.191 e. The molecule has 27 heavy (non-hydrogen) atoms. The van der Waals surface area contributed by atoms with Gasteiger partial charge in [-0.2, -0.15) is 0 Å². The fourth-order valence-corrected chi connectivity index (χ4v) is 3.52. The van der Waals surface area contributed by atoms with E-state index in [-0.39, 0.29) is 11.5 Å². The summed E-state index contributed by atoms with van der Waals surface area (Å²) in [6, 6.07) is 15.3. The first kappa shape index (κ1) is 19.0. The van der Waals surface area contributed by atoms with Gasteiger partial charge in [-0.15, -0.1) is 10.2 Å². The van der Waals surface area contributed by atoms with Gasteiger partial charge in [-0.3, -0.25) is 4.79 Å². The van der Waals surface area contributed by atoms with Crippen LogP contribution in [0.3, 0.4) is 0 Å². The standard InChI is InChI=1S/C20H21N3O3S/c1-14-21-22-20(23(14)12-15-7-5-4-6-8-15)27-13-18(24)17-11-16(25-2)9-10-19(17)26-3/h4-11H,12-13H2,1-3H3. The Balaban J connectivity index is 1.75. The monoisotopic (exact) mass is 383 g/mol. The van der Waals surface area contributed by atoms with Crippen LogP contribution in [0.1, 0.15) is 21.7 Å². The zero-order valence-electron chi connectivity index (χ0n) is 15.5. The van der Waals surface area contributed by atoms with Crippen molar-refractivity contribution in [1.82, 2.24) is 14.8 Å². The number of rotatable bonds is 8. The summed E-state index contributed by atoms with van der Waals surface area (Å²) in [5.74, 6) is 2.14. The number of ether oxygens (including phenoxy) is 2. The number of hydrogen-bond donors (Lipinski definition) is 0. The summed E-state index contributed by atoms with van der Waals surface area (Å²) in [5.41, 5.74) is 1.65. The Labute approximate surface area is 162 Å². The predicted molar refractivity (Wildman–Crippen MR) is 105 cm³/mol. The molecule has 0 spiro atoms. The molecular weight excluding hydrogens is 362 g/mol. The minimum atomic E-state index is -0.0531. The molecule has 1 aromatic heterocycles. The van der Waals surface area contributed by atoms with Gasteiger partial charge in [0.15, 0.2) is 10.9 Å². The quantitative estimate of drug-likeness (QED) is 0.437. The number of thioether (sulfide) groups is 1. The summed E-state index contributed by atoms with van der Waals surface area (Å²) in [7, 11) is 3.12. The Bertz CT molecular complexity index is 925. The highest BCUT2D eigenvalue weighted by Gasteiger charge is 2.17. The lowest BCUT2D eigenvalue weighted by Gasteiger charge is -2.10. The van der Waals surface area contributed by atoms with Crippen molar-refractivity contribution in [2.75, 3.05) is 20.0 Å². The topological polar surface area (TPSA) is 66.2 Å². The van der Waals surface area contributed by atoms with Crippen molar-refractivity contribution >= 4 is 17.5 Å². The third-order valence-corrected chi connectivity index (χ3v) is 5.09. The molecule has 3 rings (SSSR count). The summed E-state index contributed by atoms with van der Waals surface area (Å²) in [6.07, 6.45) is 0. The van der Waals surface area contributed by atoms with Crippen molar-refractivity contribution < 1.29 is 14.3 Å². The van der Waals surface area contributed by atoms with Crippen LogP contribution in [0.5, 0.6) is 11.5 Å². The number of hydrogen-bond acceptors (Lipinski definition) is 6. The molecule has 6 nitrogen and oxygen atoms in total. The molecule has 0 atom stereocenters. The fraction of sp³-hybridized carbons (Fsp3) is 0.250. The zero-order chi connectivity index (χ0) is 19.2. The molecule has 3 aromatic rings. The van der Waals surface area contributed by atoms with Crippen LogP contribution in [-0.4, -0.2) is 40.5 Å². The van der Waals surface area contributed by atoms with E-state index in [0.717, 1.165) is 11.4 Å². The van der Waals surface area contributed by atoms with Crippen molar-refractivity contribution in [1.29, 1.82) is 0 Å². The van der Waals surface area contributed by atoms with E-state index < -0.39 is 0 Å². The molecular formula is C20H21N3O3S. The maximum atomic E-state index is 12.7. The van der Waals surface area contributed by atoms with Crippen LogP contribution < -0.4 is 9.47 Å². The van der Waals surface area contributed by atoms with Crippen molar-refractivity contribution in [3.05, 3.63) is 65.5 Å². The number of carbonyl (C=O) groups is 1. The number of methoxy groups -OCH3 is 2. The molecule has 140 valence electrons. The van der Waals surface area contributed by atoms with Crippen molar-refractivity contribution in [2.45, 2.75) is 18.6 Å². The van der Waals surface area contributed by atoms with Gasteiger partial charge in [-0.25, -0.2) is 0 Å². The van der Waals surface area contributed by atoms with E-state index >= 15 is 0 Å². The highest BCUT2D eigenvalue weighted by atomic mass is 32.2. The average molecular weight is 383 g/mol. The second-order valence-electron chi connectivity index (χ2n) is 5.88. The van der Waals surface area contributed by atoms with Crippen molar-refractivity contribution in [2.24, 2.45) is 0 Å². The number of Topliss-reactive ketones (excluding diaryl/α,β-unsaturated/α-hetero) is 1. The van der Waals surface area contributed by atoms with Crippen molar-refractivity contribution in [3.63, 3.8) is 0 Å². The maximum Gasteiger partial charge on any atom is 0.191 e. The van der Waals surface area contributed by atoms with Gasteiger partial charge < -0.3 is 14.0 Å². The summed E-state index contributed by atoms with van der Waals surface area (Å²) in [5, 5.41) is 9.10. The maximum absolute atomic E-state index is 12.7. The lowest BCUT2D eigenvalue weighted by molar-refractivity contribution is 0.101. The molecule has 0 saturated heterocycles. The number of aryl methyl sites for hydroxylation is 1. The fourth-order valence-electron chi connectivity index (χ4n) is 2.66. The summed E-state index contributed by atoms with van der Waals surface area (Å²) < 4.78 is 12.5. The zero-order valence-corrected chi connectivity index (χ0v) is 16.3. The van der Waals surface area contributed by atoms with Crippen LogP contribution in [0.25, 0.3) is 0 Å². The van der Waals surface area contributed by atoms with Gasteiger partial charge in [-0.05, 0) is 30.7 Å². The van der Waals surface area contributed by atoms with Gasteiger partial charge in [0, 0.05) is 0 Å². The molecule has 0 fully saturated rings. The van der Waals surface area contributed by atoms with Crippen LogP contribution in [0, 0.1) is 6.92 Å². The van der Waals surface area contributed by atoms with Crippen LogP contribution in [-0.2, 0) is 6.54 Å². The van der Waals surface area contributed by atoms with Gasteiger partial charge in [0.25, 0.3) is 0 Å². The molecule has 0 amide bonds. The van der Waals surface area contributed by atoms with Gasteiger partial charge >= 0.3 is 0 Å².